The second-order valence-electron chi connectivity index (χ2n) is 6.16. The van der Waals surface area contributed by atoms with Gasteiger partial charge in [0.2, 0.25) is 0 Å². The van der Waals surface area contributed by atoms with Crippen LogP contribution in [0.5, 0.6) is 0 Å². The number of thioether (sulfide) groups is 1. The molecule has 3 heteroatoms. The smallest absolute Gasteiger partial charge is 0.310 e. The molecule has 2 nitrogen and oxygen atoms in total. The molecule has 20 heavy (non-hydrogen) atoms. The van der Waals surface area contributed by atoms with Gasteiger partial charge in [0, 0.05) is 10.1 Å². The molecule has 0 spiro atoms. The fraction of sp³-hybridized carbons (Fsp3) is 0.588. The molecule has 2 saturated carbocycles. The van der Waals surface area contributed by atoms with Gasteiger partial charge in [0.15, 0.2) is 0 Å². The summed E-state index contributed by atoms with van der Waals surface area (Å²) in [5.74, 6) is -0.380. The lowest BCUT2D eigenvalue weighted by atomic mass is 9.88. The molecular formula is C17H22O2S. The van der Waals surface area contributed by atoms with Crippen LogP contribution in [0.15, 0.2) is 29.2 Å². The minimum absolute atomic E-state index is 0.321. The number of carboxylic acids is 1. The first kappa shape index (κ1) is 14.0. The molecule has 2 aliphatic rings. The van der Waals surface area contributed by atoms with Crippen molar-refractivity contribution in [1.82, 2.24) is 0 Å². The van der Waals surface area contributed by atoms with Crippen molar-refractivity contribution in [2.24, 2.45) is 5.92 Å². The zero-order chi connectivity index (χ0) is 13.9. The van der Waals surface area contributed by atoms with Crippen LogP contribution in [0.3, 0.4) is 0 Å². The summed E-state index contributed by atoms with van der Waals surface area (Å²) in [5.41, 5.74) is 0.976. The van der Waals surface area contributed by atoms with Crippen LogP contribution >= 0.6 is 11.8 Å². The van der Waals surface area contributed by atoms with E-state index in [-0.39, 0.29) is 5.92 Å². The minimum atomic E-state index is -0.667. The Kier molecular flexibility index (Phi) is 4.35. The van der Waals surface area contributed by atoms with E-state index in [4.69, 9.17) is 0 Å². The summed E-state index contributed by atoms with van der Waals surface area (Å²) in [6.45, 7) is 0. The van der Waals surface area contributed by atoms with E-state index in [2.05, 4.69) is 12.1 Å². The van der Waals surface area contributed by atoms with E-state index in [9.17, 15) is 9.90 Å². The monoisotopic (exact) mass is 290 g/mol. The van der Waals surface area contributed by atoms with Crippen molar-refractivity contribution in [2.45, 2.75) is 61.0 Å². The number of hydrogen-bond donors (Lipinski definition) is 1. The highest BCUT2D eigenvalue weighted by molar-refractivity contribution is 8.00. The zero-order valence-electron chi connectivity index (χ0n) is 11.8. The summed E-state index contributed by atoms with van der Waals surface area (Å²) in [5, 5.41) is 10.3. The molecule has 2 fully saturated rings. The molecule has 0 amide bonds. The van der Waals surface area contributed by atoms with E-state index < -0.39 is 5.97 Å². The second kappa shape index (κ2) is 6.21. The van der Waals surface area contributed by atoms with Crippen LogP contribution in [0.4, 0.5) is 0 Å². The SMILES string of the molecule is O=C(O)C(CC1CCCC1)c1ccc(SC2CC2)cc1. The largest absolute Gasteiger partial charge is 0.481 e. The van der Waals surface area contributed by atoms with Crippen molar-refractivity contribution in [3.8, 4) is 0 Å². The quantitative estimate of drug-likeness (QED) is 0.826. The fourth-order valence-electron chi connectivity index (χ4n) is 3.12. The molecule has 0 heterocycles. The molecule has 0 aliphatic heterocycles. The molecule has 0 saturated heterocycles. The highest BCUT2D eigenvalue weighted by Crippen LogP contribution is 2.40. The van der Waals surface area contributed by atoms with E-state index in [1.54, 1.807) is 0 Å². The van der Waals surface area contributed by atoms with Crippen LogP contribution in [0.1, 0.15) is 56.4 Å². The van der Waals surface area contributed by atoms with Gasteiger partial charge in [-0.1, -0.05) is 37.8 Å². The average Bonchev–Trinajstić information content (AvgIpc) is 3.10. The number of rotatable bonds is 6. The van der Waals surface area contributed by atoms with Gasteiger partial charge in [-0.2, -0.15) is 0 Å². The first-order valence-corrected chi connectivity index (χ1v) is 8.60. The third-order valence-electron chi connectivity index (χ3n) is 4.45. The average molecular weight is 290 g/mol. The van der Waals surface area contributed by atoms with Gasteiger partial charge in [-0.3, -0.25) is 4.79 Å². The van der Waals surface area contributed by atoms with Crippen molar-refractivity contribution in [3.63, 3.8) is 0 Å². The molecule has 2 aliphatic carbocycles. The maximum atomic E-state index is 11.6. The predicted molar refractivity (Wildman–Crippen MR) is 82.3 cm³/mol. The molecule has 1 N–H and O–H groups in total. The van der Waals surface area contributed by atoms with Crippen LogP contribution in [0, 0.1) is 5.92 Å². The molecule has 1 unspecified atom stereocenters. The minimum Gasteiger partial charge on any atom is -0.481 e. The number of benzene rings is 1. The Balaban J connectivity index is 1.67. The Labute approximate surface area is 125 Å². The maximum Gasteiger partial charge on any atom is 0.310 e. The lowest BCUT2D eigenvalue weighted by molar-refractivity contribution is -0.139. The Hall–Kier alpha value is -0.960. The zero-order valence-corrected chi connectivity index (χ0v) is 12.6. The Morgan fingerprint density at radius 1 is 1.15 bits per heavy atom. The lowest BCUT2D eigenvalue weighted by Gasteiger charge is -2.17. The van der Waals surface area contributed by atoms with Gasteiger partial charge in [-0.05, 0) is 42.9 Å². The van der Waals surface area contributed by atoms with Gasteiger partial charge in [-0.25, -0.2) is 0 Å². The van der Waals surface area contributed by atoms with Gasteiger partial charge < -0.3 is 5.11 Å². The van der Waals surface area contributed by atoms with E-state index in [1.807, 2.05) is 23.9 Å². The Bertz CT molecular complexity index is 458. The van der Waals surface area contributed by atoms with Crippen LogP contribution in [-0.4, -0.2) is 16.3 Å². The molecule has 1 aromatic rings. The summed E-state index contributed by atoms with van der Waals surface area (Å²) in [6.07, 6.45) is 8.42. The van der Waals surface area contributed by atoms with Crippen molar-refractivity contribution in [3.05, 3.63) is 29.8 Å². The molecule has 1 atom stereocenters. The standard InChI is InChI=1S/C17H22O2S/c18-17(19)16(11-12-3-1-2-4-12)13-5-7-14(8-6-13)20-15-9-10-15/h5-8,12,15-16H,1-4,9-11H2,(H,18,19). The third kappa shape index (κ3) is 3.57. The van der Waals surface area contributed by atoms with Crippen molar-refractivity contribution in [2.75, 3.05) is 0 Å². The van der Waals surface area contributed by atoms with Crippen LogP contribution in [0.2, 0.25) is 0 Å². The molecule has 108 valence electrons. The maximum absolute atomic E-state index is 11.6. The van der Waals surface area contributed by atoms with Crippen molar-refractivity contribution >= 4 is 17.7 Å². The van der Waals surface area contributed by atoms with Crippen LogP contribution in [-0.2, 0) is 4.79 Å². The number of carbonyl (C=O) groups is 1. The first-order chi connectivity index (χ1) is 9.72. The molecule has 0 radical (unpaired) electrons. The van der Waals surface area contributed by atoms with E-state index in [1.165, 1.54) is 43.4 Å². The van der Waals surface area contributed by atoms with Gasteiger partial charge in [0.05, 0.1) is 5.92 Å². The van der Waals surface area contributed by atoms with E-state index >= 15 is 0 Å². The number of hydrogen-bond acceptors (Lipinski definition) is 2. The van der Waals surface area contributed by atoms with E-state index in [0.717, 1.165) is 17.2 Å². The highest BCUT2D eigenvalue weighted by Gasteiger charge is 2.27. The summed E-state index contributed by atoms with van der Waals surface area (Å²) in [4.78, 5) is 12.8. The molecule has 1 aromatic carbocycles. The predicted octanol–water partition coefficient (Wildman–Crippen LogP) is 4.69. The first-order valence-electron chi connectivity index (χ1n) is 7.72. The summed E-state index contributed by atoms with van der Waals surface area (Å²) in [7, 11) is 0. The van der Waals surface area contributed by atoms with Gasteiger partial charge in [0.1, 0.15) is 0 Å². The van der Waals surface area contributed by atoms with Gasteiger partial charge in [-0.15, -0.1) is 11.8 Å². The lowest BCUT2D eigenvalue weighted by Crippen LogP contribution is -2.15. The molecule has 0 bridgehead atoms. The Morgan fingerprint density at radius 3 is 2.35 bits per heavy atom. The molecule has 3 rings (SSSR count). The summed E-state index contributed by atoms with van der Waals surface area (Å²) >= 11 is 1.92. The van der Waals surface area contributed by atoms with E-state index in [0.29, 0.717) is 5.92 Å². The van der Waals surface area contributed by atoms with Gasteiger partial charge >= 0.3 is 5.97 Å². The third-order valence-corrected chi connectivity index (χ3v) is 5.80. The fourth-order valence-corrected chi connectivity index (χ4v) is 4.17. The number of carboxylic acid groups (broad SMARTS) is 1. The highest BCUT2D eigenvalue weighted by atomic mass is 32.2. The summed E-state index contributed by atoms with van der Waals surface area (Å²) in [6, 6.07) is 8.25. The Morgan fingerprint density at radius 2 is 1.80 bits per heavy atom. The summed E-state index contributed by atoms with van der Waals surface area (Å²) < 4.78 is 0. The second-order valence-corrected chi connectivity index (χ2v) is 7.54. The topological polar surface area (TPSA) is 37.3 Å². The molecule has 0 aromatic heterocycles. The van der Waals surface area contributed by atoms with Gasteiger partial charge in [0.25, 0.3) is 0 Å². The van der Waals surface area contributed by atoms with Crippen molar-refractivity contribution < 1.29 is 9.90 Å². The number of aliphatic carboxylic acids is 1. The van der Waals surface area contributed by atoms with Crippen LogP contribution < -0.4 is 0 Å². The van der Waals surface area contributed by atoms with Crippen LogP contribution in [0.25, 0.3) is 0 Å². The normalized spacial score (nSPS) is 21.0. The molecular weight excluding hydrogens is 268 g/mol. The van der Waals surface area contributed by atoms with Crippen molar-refractivity contribution in [1.29, 1.82) is 0 Å².